The van der Waals surface area contributed by atoms with Crippen molar-refractivity contribution in [3.63, 3.8) is 0 Å². The van der Waals surface area contributed by atoms with Crippen LogP contribution in [0, 0.1) is 18.7 Å². The Bertz CT molecular complexity index is 809. The highest BCUT2D eigenvalue weighted by molar-refractivity contribution is 6.31. The van der Waals surface area contributed by atoms with Crippen LogP contribution in [0.4, 0.5) is 15.8 Å². The number of halogens is 2. The molecule has 1 aliphatic rings. The molecule has 2 aromatic rings. The molecule has 2 aromatic carbocycles. The van der Waals surface area contributed by atoms with Crippen LogP contribution in [0.2, 0.25) is 5.02 Å². The fraction of sp³-hybridized carbons (Fsp3) is 0.222. The van der Waals surface area contributed by atoms with Gasteiger partial charge in [0.15, 0.2) is 0 Å². The topological polar surface area (TPSA) is 49.4 Å². The number of carbonyl (C=O) groups is 2. The molecule has 1 heterocycles. The van der Waals surface area contributed by atoms with Crippen molar-refractivity contribution in [3.8, 4) is 0 Å². The minimum Gasteiger partial charge on any atom is -0.326 e. The van der Waals surface area contributed by atoms with Crippen molar-refractivity contribution < 1.29 is 14.0 Å². The molecule has 0 bridgehead atoms. The minimum absolute atomic E-state index is 0.117. The molecule has 2 amide bonds. The van der Waals surface area contributed by atoms with Crippen LogP contribution < -0.4 is 10.2 Å². The Kier molecular flexibility index (Phi) is 4.53. The Morgan fingerprint density at radius 3 is 2.79 bits per heavy atom. The van der Waals surface area contributed by atoms with E-state index < -0.39 is 5.92 Å². The maximum absolute atomic E-state index is 13.1. The summed E-state index contributed by atoms with van der Waals surface area (Å²) in [7, 11) is 0. The van der Waals surface area contributed by atoms with Gasteiger partial charge in [-0.3, -0.25) is 9.59 Å². The first-order valence-electron chi connectivity index (χ1n) is 7.57. The number of aryl methyl sites for hydroxylation is 1. The van der Waals surface area contributed by atoms with E-state index in [-0.39, 0.29) is 24.1 Å². The quantitative estimate of drug-likeness (QED) is 0.919. The van der Waals surface area contributed by atoms with Gasteiger partial charge in [0.2, 0.25) is 11.8 Å². The highest BCUT2D eigenvalue weighted by Crippen LogP contribution is 2.28. The zero-order chi connectivity index (χ0) is 17.3. The van der Waals surface area contributed by atoms with E-state index in [9.17, 15) is 14.0 Å². The van der Waals surface area contributed by atoms with E-state index in [4.69, 9.17) is 11.6 Å². The molecule has 0 saturated carbocycles. The van der Waals surface area contributed by atoms with E-state index in [1.807, 2.05) is 0 Å². The lowest BCUT2D eigenvalue weighted by molar-refractivity contribution is -0.122. The predicted molar refractivity (Wildman–Crippen MR) is 91.7 cm³/mol. The molecular formula is C18H16ClFN2O2. The monoisotopic (exact) mass is 346 g/mol. The molecule has 24 heavy (non-hydrogen) atoms. The van der Waals surface area contributed by atoms with Gasteiger partial charge in [-0.05, 0) is 48.9 Å². The van der Waals surface area contributed by atoms with Crippen LogP contribution in [0.1, 0.15) is 12.0 Å². The van der Waals surface area contributed by atoms with Gasteiger partial charge in [-0.2, -0.15) is 0 Å². The van der Waals surface area contributed by atoms with Crippen LogP contribution in [0.25, 0.3) is 0 Å². The van der Waals surface area contributed by atoms with Crippen molar-refractivity contribution in [2.75, 3.05) is 16.8 Å². The van der Waals surface area contributed by atoms with Crippen LogP contribution in [0.3, 0.4) is 0 Å². The maximum Gasteiger partial charge on any atom is 0.229 e. The molecule has 0 spiro atoms. The number of carbonyl (C=O) groups excluding carboxylic acids is 2. The molecule has 3 rings (SSSR count). The highest BCUT2D eigenvalue weighted by Gasteiger charge is 2.35. The van der Waals surface area contributed by atoms with Crippen LogP contribution in [0.15, 0.2) is 42.5 Å². The van der Waals surface area contributed by atoms with Crippen molar-refractivity contribution in [2.24, 2.45) is 5.92 Å². The second-order valence-electron chi connectivity index (χ2n) is 5.83. The molecule has 6 heteroatoms. The predicted octanol–water partition coefficient (Wildman–Crippen LogP) is 3.78. The number of hydrogen-bond acceptors (Lipinski definition) is 2. The lowest BCUT2D eigenvalue weighted by atomic mass is 10.1. The van der Waals surface area contributed by atoms with Crippen LogP contribution in [-0.2, 0) is 9.59 Å². The summed E-state index contributed by atoms with van der Waals surface area (Å²) in [6, 6.07) is 11.1. The number of nitrogens with one attached hydrogen (secondary N) is 1. The van der Waals surface area contributed by atoms with Crippen molar-refractivity contribution >= 4 is 34.8 Å². The number of rotatable bonds is 3. The van der Waals surface area contributed by atoms with E-state index in [0.717, 1.165) is 0 Å². The fourth-order valence-corrected chi connectivity index (χ4v) is 2.96. The number of anilines is 2. The average Bonchev–Trinajstić information content (AvgIpc) is 2.92. The third kappa shape index (κ3) is 3.41. The molecule has 1 aliphatic heterocycles. The lowest BCUT2D eigenvalue weighted by Crippen LogP contribution is -2.28. The molecule has 0 aromatic heterocycles. The van der Waals surface area contributed by atoms with Gasteiger partial charge < -0.3 is 10.2 Å². The van der Waals surface area contributed by atoms with Crippen molar-refractivity contribution in [2.45, 2.75) is 13.3 Å². The molecule has 4 nitrogen and oxygen atoms in total. The van der Waals surface area contributed by atoms with Crippen LogP contribution >= 0.6 is 11.6 Å². The Morgan fingerprint density at radius 1 is 1.29 bits per heavy atom. The van der Waals surface area contributed by atoms with Gasteiger partial charge in [0.05, 0.1) is 5.92 Å². The van der Waals surface area contributed by atoms with Crippen molar-refractivity contribution in [3.05, 3.63) is 58.9 Å². The summed E-state index contributed by atoms with van der Waals surface area (Å²) in [5.41, 5.74) is 1.87. The lowest BCUT2D eigenvalue weighted by Gasteiger charge is -2.17. The summed E-state index contributed by atoms with van der Waals surface area (Å²) < 4.78 is 13.1. The summed E-state index contributed by atoms with van der Waals surface area (Å²) in [5.74, 6) is -1.18. The zero-order valence-corrected chi connectivity index (χ0v) is 13.8. The fourth-order valence-electron chi connectivity index (χ4n) is 2.78. The van der Waals surface area contributed by atoms with Gasteiger partial charge in [-0.1, -0.05) is 17.7 Å². The first-order chi connectivity index (χ1) is 11.4. The molecule has 0 unspecified atom stereocenters. The SMILES string of the molecule is Cc1cc(F)ccc1NC(=O)[C@@H]1CC(=O)N(c2cccc(Cl)c2)C1. The normalized spacial score (nSPS) is 17.2. The van der Waals surface area contributed by atoms with Crippen LogP contribution in [0.5, 0.6) is 0 Å². The molecule has 124 valence electrons. The number of amides is 2. The summed E-state index contributed by atoms with van der Waals surface area (Å²) in [6.07, 6.45) is 0.137. The van der Waals surface area contributed by atoms with E-state index in [2.05, 4.69) is 5.32 Å². The summed E-state index contributed by atoms with van der Waals surface area (Å²) in [4.78, 5) is 26.2. The minimum atomic E-state index is -0.457. The van der Waals surface area contributed by atoms with E-state index in [0.29, 0.717) is 28.5 Å². The van der Waals surface area contributed by atoms with E-state index in [1.165, 1.54) is 18.2 Å². The van der Waals surface area contributed by atoms with Crippen LogP contribution in [-0.4, -0.2) is 18.4 Å². The standard InChI is InChI=1S/C18H16ClFN2O2/c1-11-7-14(20)5-6-16(11)21-18(24)12-8-17(23)22(10-12)15-4-2-3-13(19)9-15/h2-7,9,12H,8,10H2,1H3,(H,21,24)/t12-/m1/s1. The van der Waals surface area contributed by atoms with Gasteiger partial charge in [0, 0.05) is 29.4 Å². The van der Waals surface area contributed by atoms with Gasteiger partial charge in [-0.25, -0.2) is 4.39 Å². The third-order valence-electron chi connectivity index (χ3n) is 4.06. The van der Waals surface area contributed by atoms with E-state index >= 15 is 0 Å². The molecule has 1 N–H and O–H groups in total. The Labute approximate surface area is 144 Å². The third-order valence-corrected chi connectivity index (χ3v) is 4.30. The van der Waals surface area contributed by atoms with Crippen molar-refractivity contribution in [1.29, 1.82) is 0 Å². The molecule has 1 atom stereocenters. The average molecular weight is 347 g/mol. The maximum atomic E-state index is 13.1. The van der Waals surface area contributed by atoms with Gasteiger partial charge in [0.25, 0.3) is 0 Å². The largest absolute Gasteiger partial charge is 0.326 e. The Balaban J connectivity index is 1.72. The summed E-state index contributed by atoms with van der Waals surface area (Å²) in [6.45, 7) is 2.02. The Morgan fingerprint density at radius 2 is 2.08 bits per heavy atom. The van der Waals surface area contributed by atoms with Crippen molar-refractivity contribution in [1.82, 2.24) is 0 Å². The second-order valence-corrected chi connectivity index (χ2v) is 6.27. The molecular weight excluding hydrogens is 331 g/mol. The van der Waals surface area contributed by atoms with Gasteiger partial charge >= 0.3 is 0 Å². The van der Waals surface area contributed by atoms with Gasteiger partial charge in [-0.15, -0.1) is 0 Å². The first-order valence-corrected chi connectivity index (χ1v) is 7.95. The Hall–Kier alpha value is -2.40. The number of hydrogen-bond donors (Lipinski definition) is 1. The molecule has 0 radical (unpaired) electrons. The summed E-state index contributed by atoms with van der Waals surface area (Å²) in [5, 5.41) is 3.31. The van der Waals surface area contributed by atoms with Gasteiger partial charge in [0.1, 0.15) is 5.82 Å². The number of benzene rings is 2. The number of nitrogens with zero attached hydrogens (tertiary/aromatic N) is 1. The molecule has 1 fully saturated rings. The molecule has 0 aliphatic carbocycles. The second kappa shape index (κ2) is 6.61. The molecule has 1 saturated heterocycles. The zero-order valence-electron chi connectivity index (χ0n) is 13.1. The van der Waals surface area contributed by atoms with E-state index in [1.54, 1.807) is 36.1 Å². The first kappa shape index (κ1) is 16.5. The highest BCUT2D eigenvalue weighted by atomic mass is 35.5. The smallest absolute Gasteiger partial charge is 0.229 e. The summed E-state index contributed by atoms with van der Waals surface area (Å²) >= 11 is 5.96.